The van der Waals surface area contributed by atoms with Gasteiger partial charge < -0.3 is 14.4 Å². The Kier molecular flexibility index (Phi) is 8.79. The zero-order chi connectivity index (χ0) is 29.9. The fraction of sp³-hybridized carbons (Fsp3) is 0.250. The van der Waals surface area contributed by atoms with Crippen LogP contribution in [0.15, 0.2) is 96.1 Å². The molecule has 0 aliphatic rings. The van der Waals surface area contributed by atoms with E-state index in [4.69, 9.17) is 4.74 Å². The molecular weight excluding hydrogens is 576 g/mol. The van der Waals surface area contributed by atoms with Crippen molar-refractivity contribution in [2.75, 3.05) is 6.61 Å². The largest absolute Gasteiger partial charge is 0.436 e. The van der Waals surface area contributed by atoms with Crippen LogP contribution in [0.2, 0.25) is 25.7 Å². The molecule has 0 fully saturated rings. The van der Waals surface area contributed by atoms with Crippen LogP contribution in [0.5, 0.6) is 0 Å². The molecule has 5 rings (SSSR count). The second-order valence-corrected chi connectivity index (χ2v) is 17.8. The first kappa shape index (κ1) is 29.9. The molecule has 0 aliphatic carbocycles. The molecule has 0 aliphatic heterocycles. The standard InChI is InChI=1S/C32H32F3N3O2SSi/c1-42(2,3)19-18-40-21-38-20-25(24-16-10-11-17-26(24)38)28(39)30-37-29(32(33,34)35)31(41-30)36-27(22-12-6-4-7-13-22)23-14-8-5-9-15-23/h4-17,20,28,39H,18-19,21H2,1-3H3. The molecule has 0 radical (unpaired) electrons. The molecule has 1 N–H and O–H groups in total. The van der Waals surface area contributed by atoms with Crippen molar-refractivity contribution in [2.24, 2.45) is 4.99 Å². The molecule has 2 aromatic heterocycles. The molecule has 0 saturated heterocycles. The van der Waals surface area contributed by atoms with Crippen LogP contribution in [0.1, 0.15) is 33.5 Å². The van der Waals surface area contributed by atoms with E-state index in [1.54, 1.807) is 30.5 Å². The molecule has 3 aromatic carbocycles. The summed E-state index contributed by atoms with van der Waals surface area (Å²) in [5, 5.41) is 11.8. The number of aliphatic hydroxyl groups is 1. The molecular formula is C32H32F3N3O2SSi. The van der Waals surface area contributed by atoms with Gasteiger partial charge in [-0.15, -0.1) is 0 Å². The van der Waals surface area contributed by atoms with Crippen LogP contribution in [0, 0.1) is 0 Å². The molecule has 0 bridgehead atoms. The van der Waals surface area contributed by atoms with Gasteiger partial charge in [-0.25, -0.2) is 9.98 Å². The van der Waals surface area contributed by atoms with Crippen molar-refractivity contribution < 1.29 is 23.0 Å². The normalized spacial score (nSPS) is 12.9. The number of aromatic nitrogens is 2. The fourth-order valence-electron chi connectivity index (χ4n) is 4.57. The summed E-state index contributed by atoms with van der Waals surface area (Å²) in [7, 11) is -1.26. The highest BCUT2D eigenvalue weighted by molar-refractivity contribution is 7.15. The first-order valence-electron chi connectivity index (χ1n) is 13.6. The molecule has 218 valence electrons. The van der Waals surface area contributed by atoms with Gasteiger partial charge in [0.25, 0.3) is 0 Å². The van der Waals surface area contributed by atoms with Gasteiger partial charge >= 0.3 is 6.18 Å². The van der Waals surface area contributed by atoms with Crippen LogP contribution in [-0.4, -0.2) is 35.1 Å². The zero-order valence-electron chi connectivity index (χ0n) is 23.6. The van der Waals surface area contributed by atoms with Gasteiger partial charge in [0.05, 0.1) is 11.2 Å². The third-order valence-corrected chi connectivity index (χ3v) is 9.48. The Balaban J connectivity index is 1.54. The minimum atomic E-state index is -4.76. The Morgan fingerprint density at radius 1 is 0.952 bits per heavy atom. The average Bonchev–Trinajstić information content (AvgIpc) is 3.56. The minimum absolute atomic E-state index is 0.0795. The van der Waals surface area contributed by atoms with Crippen LogP contribution in [-0.2, 0) is 17.6 Å². The van der Waals surface area contributed by atoms with Gasteiger partial charge in [0.1, 0.15) is 22.8 Å². The Hall–Kier alpha value is -3.57. The molecule has 0 spiro atoms. The SMILES string of the molecule is C[Si](C)(C)CCOCn1cc(C(O)c2nc(C(F)(F)F)c(N=C(c3ccccc3)c3ccccc3)s2)c2ccccc21. The van der Waals surface area contributed by atoms with Crippen molar-refractivity contribution in [1.29, 1.82) is 0 Å². The van der Waals surface area contributed by atoms with E-state index in [-0.39, 0.29) is 16.7 Å². The number of hydrogen-bond acceptors (Lipinski definition) is 5. The van der Waals surface area contributed by atoms with E-state index >= 15 is 0 Å². The Morgan fingerprint density at radius 2 is 1.55 bits per heavy atom. The number of hydrogen-bond donors (Lipinski definition) is 1. The number of halogens is 3. The van der Waals surface area contributed by atoms with Crippen LogP contribution < -0.4 is 0 Å². The van der Waals surface area contributed by atoms with Crippen molar-refractivity contribution in [3.63, 3.8) is 0 Å². The van der Waals surface area contributed by atoms with Gasteiger partial charge in [-0.3, -0.25) is 0 Å². The van der Waals surface area contributed by atoms with Gasteiger partial charge in [0.15, 0.2) is 5.69 Å². The number of benzene rings is 3. The summed E-state index contributed by atoms with van der Waals surface area (Å²) in [6.07, 6.45) is -4.41. The highest BCUT2D eigenvalue weighted by Crippen LogP contribution is 2.43. The summed E-state index contributed by atoms with van der Waals surface area (Å²) >= 11 is 0.744. The maximum absolute atomic E-state index is 14.3. The second kappa shape index (κ2) is 12.3. The number of rotatable bonds is 10. The Morgan fingerprint density at radius 3 is 2.14 bits per heavy atom. The van der Waals surface area contributed by atoms with Crippen molar-refractivity contribution >= 4 is 41.0 Å². The molecule has 1 atom stereocenters. The van der Waals surface area contributed by atoms with E-state index < -0.39 is 26.0 Å². The summed E-state index contributed by atoms with van der Waals surface area (Å²) in [6.45, 7) is 7.73. The third kappa shape index (κ3) is 6.90. The second-order valence-electron chi connectivity index (χ2n) is 11.2. The Bertz CT molecular complexity index is 1630. The number of para-hydroxylation sites is 1. The summed E-state index contributed by atoms with van der Waals surface area (Å²) < 4.78 is 50.6. The van der Waals surface area contributed by atoms with Crippen LogP contribution in [0.25, 0.3) is 10.9 Å². The van der Waals surface area contributed by atoms with Gasteiger partial charge in [-0.2, -0.15) is 13.2 Å². The molecule has 42 heavy (non-hydrogen) atoms. The Labute approximate surface area is 248 Å². The van der Waals surface area contributed by atoms with E-state index in [1.807, 2.05) is 65.2 Å². The first-order valence-corrected chi connectivity index (χ1v) is 18.1. The summed E-state index contributed by atoms with van der Waals surface area (Å²) in [6, 6.07) is 26.6. The minimum Gasteiger partial charge on any atom is -0.381 e. The van der Waals surface area contributed by atoms with Crippen molar-refractivity contribution in [3.8, 4) is 0 Å². The number of fused-ring (bicyclic) bond motifs is 1. The van der Waals surface area contributed by atoms with Gasteiger partial charge in [0, 0.05) is 43.0 Å². The smallest absolute Gasteiger partial charge is 0.381 e. The predicted octanol–water partition coefficient (Wildman–Crippen LogP) is 8.68. The van der Waals surface area contributed by atoms with Gasteiger partial charge in [0.2, 0.25) is 0 Å². The number of ether oxygens (including phenoxy) is 1. The highest BCUT2D eigenvalue weighted by Gasteiger charge is 2.39. The average molecular weight is 608 g/mol. The number of aliphatic imine (C=N–C) groups is 1. The lowest BCUT2D eigenvalue weighted by molar-refractivity contribution is -0.140. The lowest BCUT2D eigenvalue weighted by Gasteiger charge is -2.15. The first-order chi connectivity index (χ1) is 20.0. The number of thiazole rings is 1. The summed E-state index contributed by atoms with van der Waals surface area (Å²) in [5.41, 5.74) is 1.89. The zero-order valence-corrected chi connectivity index (χ0v) is 25.4. The van der Waals surface area contributed by atoms with E-state index in [1.165, 1.54) is 0 Å². The number of nitrogens with zero attached hydrogens (tertiary/aromatic N) is 3. The lowest BCUT2D eigenvalue weighted by Crippen LogP contribution is -2.21. The van der Waals surface area contributed by atoms with E-state index in [9.17, 15) is 18.3 Å². The maximum atomic E-state index is 14.3. The van der Waals surface area contributed by atoms with Crippen molar-refractivity contribution in [2.45, 2.75) is 44.7 Å². The number of alkyl halides is 3. The van der Waals surface area contributed by atoms with E-state index in [0.717, 1.165) is 28.3 Å². The van der Waals surface area contributed by atoms with Crippen LogP contribution >= 0.6 is 11.3 Å². The lowest BCUT2D eigenvalue weighted by atomic mass is 10.0. The van der Waals surface area contributed by atoms with E-state index in [0.29, 0.717) is 29.0 Å². The van der Waals surface area contributed by atoms with Crippen LogP contribution in [0.4, 0.5) is 18.2 Å². The molecule has 5 aromatic rings. The summed E-state index contributed by atoms with van der Waals surface area (Å²) in [4.78, 5) is 8.44. The van der Waals surface area contributed by atoms with Gasteiger partial charge in [-0.05, 0) is 12.1 Å². The predicted molar refractivity (Wildman–Crippen MR) is 165 cm³/mol. The molecule has 5 nitrogen and oxygen atoms in total. The van der Waals surface area contributed by atoms with Crippen molar-refractivity contribution in [3.05, 3.63) is 119 Å². The molecule has 1 unspecified atom stereocenters. The molecule has 2 heterocycles. The molecule has 10 heteroatoms. The van der Waals surface area contributed by atoms with Crippen LogP contribution in [0.3, 0.4) is 0 Å². The van der Waals surface area contributed by atoms with Gasteiger partial charge in [-0.1, -0.05) is 110 Å². The molecule has 0 saturated carbocycles. The fourth-order valence-corrected chi connectivity index (χ4v) is 6.29. The third-order valence-electron chi connectivity index (χ3n) is 6.78. The monoisotopic (exact) mass is 607 g/mol. The number of aliphatic hydroxyl groups excluding tert-OH is 1. The van der Waals surface area contributed by atoms with Crippen molar-refractivity contribution in [1.82, 2.24) is 9.55 Å². The topological polar surface area (TPSA) is 59.6 Å². The highest BCUT2D eigenvalue weighted by atomic mass is 32.1. The summed E-state index contributed by atoms with van der Waals surface area (Å²) in [5.74, 6) is 0. The quantitative estimate of drug-likeness (QED) is 0.0982. The molecule has 0 amide bonds. The maximum Gasteiger partial charge on any atom is 0.436 e. The van der Waals surface area contributed by atoms with E-state index in [2.05, 4.69) is 29.6 Å².